The molecular weight excluding hydrogens is 551 g/mol. The molecule has 1 aliphatic heterocycles. The van der Waals surface area contributed by atoms with Gasteiger partial charge in [-0.3, -0.25) is 0 Å². The van der Waals surface area contributed by atoms with Gasteiger partial charge < -0.3 is 24.8 Å². The van der Waals surface area contributed by atoms with Crippen LogP contribution in [0.2, 0.25) is 13.1 Å². The Kier molecular flexibility index (Phi) is 5.93. The maximum Gasteiger partial charge on any atom is -1.00 e. The minimum atomic E-state index is -1.94. The molecule has 0 saturated heterocycles. The first-order chi connectivity index (χ1) is 15.5. The maximum atomic E-state index is 2.63. The van der Waals surface area contributed by atoms with Gasteiger partial charge in [0.2, 0.25) is 0 Å². The first kappa shape index (κ1) is 24.3. The Morgan fingerprint density at radius 3 is 1.53 bits per heavy atom. The minimum absolute atomic E-state index is 0. The summed E-state index contributed by atoms with van der Waals surface area (Å²) in [6.07, 6.45) is 18.8. The van der Waals surface area contributed by atoms with Gasteiger partial charge in [-0.25, -0.2) is 0 Å². The van der Waals surface area contributed by atoms with Crippen LogP contribution in [0.15, 0.2) is 84.0 Å². The quantitative estimate of drug-likeness (QED) is 0.391. The molecule has 5 aliphatic rings. The van der Waals surface area contributed by atoms with Crippen LogP contribution < -0.4 is 35.2 Å². The van der Waals surface area contributed by atoms with Crippen molar-refractivity contribution >= 4 is 25.0 Å². The number of aryl methyl sites for hydroxylation is 2. The van der Waals surface area contributed by atoms with E-state index >= 15 is 0 Å². The first-order valence-corrected chi connectivity index (χ1v) is 17.2. The van der Waals surface area contributed by atoms with E-state index in [0.29, 0.717) is 11.8 Å². The summed E-state index contributed by atoms with van der Waals surface area (Å²) in [7, 11) is -1.94. The van der Waals surface area contributed by atoms with Crippen LogP contribution >= 0.6 is 0 Å². The molecule has 0 saturated carbocycles. The Labute approximate surface area is 227 Å². The number of hydrogen-bond donors (Lipinski definition) is 0. The molecule has 0 N–H and O–H groups in total. The second-order valence-electron chi connectivity index (χ2n) is 10.3. The molecule has 2 aromatic carbocycles. The fourth-order valence-corrected chi connectivity index (χ4v) is 16.3. The van der Waals surface area contributed by atoms with E-state index in [2.05, 4.69) is 99.8 Å². The van der Waals surface area contributed by atoms with Gasteiger partial charge in [0.1, 0.15) is 0 Å². The molecule has 2 aromatic rings. The standard InChI is InChI=1S/C30H26Si.2ClH.Zr/c1-19-13-15-25-23-11-7-5-9-21(23)17-27(25)29(19)31(3,4)30-20(2)14-16-26-24-12-8-6-10-22(24)18-28(26)30;;;/h5-16,23-24H,1-4H3;2*1H;/q;;;+2/p-2. The molecule has 0 amide bonds. The minimum Gasteiger partial charge on any atom is -1.00 e. The Morgan fingerprint density at radius 1 is 0.647 bits per heavy atom. The zero-order valence-corrected chi connectivity index (χ0v) is 24.8. The number of hydrogen-bond acceptors (Lipinski definition) is 0. The predicted molar refractivity (Wildman–Crippen MR) is 135 cm³/mol. The molecule has 0 fully saturated rings. The molecule has 4 heteroatoms. The molecule has 0 bridgehead atoms. The van der Waals surface area contributed by atoms with Gasteiger partial charge in [-0.1, -0.05) is 0 Å². The van der Waals surface area contributed by atoms with Crippen LogP contribution in [0.4, 0.5) is 0 Å². The molecule has 0 spiro atoms. The average molecular weight is 577 g/mol. The van der Waals surface area contributed by atoms with E-state index in [-0.39, 0.29) is 24.8 Å². The largest absolute Gasteiger partial charge is 1.00 e. The van der Waals surface area contributed by atoms with Crippen LogP contribution in [0.1, 0.15) is 45.2 Å². The molecule has 168 valence electrons. The van der Waals surface area contributed by atoms with E-state index in [1.54, 1.807) is 50.3 Å². The van der Waals surface area contributed by atoms with Crippen LogP contribution in [0, 0.1) is 13.8 Å². The summed E-state index contributed by atoms with van der Waals surface area (Å²) < 4.78 is 3.52. The predicted octanol–water partition coefficient (Wildman–Crippen LogP) is 0.0987. The molecule has 0 aromatic heterocycles. The van der Waals surface area contributed by atoms with Gasteiger partial charge in [-0.05, 0) is 0 Å². The number of halogens is 2. The maximum absolute atomic E-state index is 2.63. The smallest absolute Gasteiger partial charge is 1.00 e. The molecule has 2 unspecified atom stereocenters. The van der Waals surface area contributed by atoms with Crippen molar-refractivity contribution < 1.29 is 48.0 Å². The summed E-state index contributed by atoms with van der Waals surface area (Å²) >= 11 is -1.01. The van der Waals surface area contributed by atoms with Gasteiger partial charge in [0.05, 0.1) is 0 Å². The van der Waals surface area contributed by atoms with Crippen molar-refractivity contribution in [1.29, 1.82) is 0 Å². The van der Waals surface area contributed by atoms with E-state index in [1.807, 2.05) is 0 Å². The normalized spacial score (nSPS) is 22.9. The van der Waals surface area contributed by atoms with Gasteiger partial charge in [-0.15, -0.1) is 0 Å². The average Bonchev–Trinajstić information content (AvgIpc) is 3.26. The fourth-order valence-electron chi connectivity index (χ4n) is 7.03. The topological polar surface area (TPSA) is 0 Å². The monoisotopic (exact) mass is 574 g/mol. The fraction of sp³-hybridized carbons (Fsp3) is 0.200. The van der Waals surface area contributed by atoms with Crippen molar-refractivity contribution in [2.24, 2.45) is 0 Å². The van der Waals surface area contributed by atoms with E-state index in [4.69, 9.17) is 0 Å². The summed E-state index contributed by atoms with van der Waals surface area (Å²) in [6.45, 7) is 9.99. The number of benzene rings is 2. The Morgan fingerprint density at radius 2 is 1.09 bits per heavy atom. The molecule has 4 aliphatic carbocycles. The molecule has 7 rings (SSSR count). The summed E-state index contributed by atoms with van der Waals surface area (Å²) in [5.41, 5.74) is 12.7. The Balaban J connectivity index is 0.00000120. The third-order valence-corrected chi connectivity index (χ3v) is 15.9. The van der Waals surface area contributed by atoms with Crippen LogP contribution in [0.5, 0.6) is 0 Å². The van der Waals surface area contributed by atoms with Gasteiger partial charge in [0, 0.05) is 0 Å². The number of allylic oxidation sites excluding steroid dienone is 10. The van der Waals surface area contributed by atoms with Gasteiger partial charge in [-0.2, -0.15) is 0 Å². The van der Waals surface area contributed by atoms with E-state index in [9.17, 15) is 0 Å². The van der Waals surface area contributed by atoms with Crippen molar-refractivity contribution in [2.75, 3.05) is 0 Å². The number of fused-ring (bicyclic) bond motifs is 4. The second-order valence-corrected chi connectivity index (χ2v) is 17.6. The van der Waals surface area contributed by atoms with Gasteiger partial charge in [0.15, 0.2) is 0 Å². The SMILES string of the molecule is Cc1ccc2c3c1[Si](C)(C)c1c(C)ccc4c1[C](=C1C=CC=CC14)[Zr+2][C]3=C1C=CC=CC12.[Cl-].[Cl-]. The van der Waals surface area contributed by atoms with Crippen molar-refractivity contribution in [3.63, 3.8) is 0 Å². The third-order valence-electron chi connectivity index (χ3n) is 8.19. The zero-order valence-electron chi connectivity index (χ0n) is 19.8. The van der Waals surface area contributed by atoms with E-state index in [0.717, 1.165) is 0 Å². The summed E-state index contributed by atoms with van der Waals surface area (Å²) in [5.74, 6) is 0.919. The molecule has 1 heterocycles. The van der Waals surface area contributed by atoms with E-state index < -0.39 is 31.3 Å². The summed E-state index contributed by atoms with van der Waals surface area (Å²) in [6, 6.07) is 9.74. The molecule has 0 radical (unpaired) electrons. The van der Waals surface area contributed by atoms with Crippen molar-refractivity contribution in [3.8, 4) is 0 Å². The molecule has 2 atom stereocenters. The summed E-state index contributed by atoms with van der Waals surface area (Å²) in [5, 5.41) is 3.44. The summed E-state index contributed by atoms with van der Waals surface area (Å²) in [4.78, 5) is 0. The zero-order chi connectivity index (χ0) is 21.8. The first-order valence-electron chi connectivity index (χ1n) is 11.7. The van der Waals surface area contributed by atoms with Crippen molar-refractivity contribution in [2.45, 2.75) is 38.8 Å². The second kappa shape index (κ2) is 8.31. The Bertz CT molecular complexity index is 1340. The van der Waals surface area contributed by atoms with Gasteiger partial charge in [0.25, 0.3) is 0 Å². The molecular formula is C30H26Cl2SiZr. The van der Waals surface area contributed by atoms with Crippen LogP contribution in [-0.4, -0.2) is 8.07 Å². The Hall–Kier alpha value is -1.44. The van der Waals surface area contributed by atoms with Gasteiger partial charge >= 0.3 is 204 Å². The molecule has 0 nitrogen and oxygen atoms in total. The van der Waals surface area contributed by atoms with Crippen molar-refractivity contribution in [3.05, 3.63) is 117 Å². The van der Waals surface area contributed by atoms with E-state index in [1.165, 1.54) is 11.1 Å². The number of rotatable bonds is 0. The van der Waals surface area contributed by atoms with Crippen LogP contribution in [-0.2, 0) is 23.2 Å². The molecule has 34 heavy (non-hydrogen) atoms. The third kappa shape index (κ3) is 2.99. The van der Waals surface area contributed by atoms with Crippen LogP contribution in [0.3, 0.4) is 0 Å². The van der Waals surface area contributed by atoms with Crippen molar-refractivity contribution in [1.82, 2.24) is 0 Å². The van der Waals surface area contributed by atoms with Crippen LogP contribution in [0.25, 0.3) is 6.56 Å².